The van der Waals surface area contributed by atoms with Crippen LogP contribution >= 0.6 is 23.2 Å². The molecule has 0 aliphatic carbocycles. The Labute approximate surface area is 198 Å². The molecular formula is C23H24Cl2N2O4S. The van der Waals surface area contributed by atoms with E-state index in [2.05, 4.69) is 5.32 Å². The summed E-state index contributed by atoms with van der Waals surface area (Å²) >= 11 is 11.9. The molecule has 32 heavy (non-hydrogen) atoms. The number of hydrogen-bond donors (Lipinski definition) is 1. The zero-order valence-electron chi connectivity index (χ0n) is 17.6. The van der Waals surface area contributed by atoms with Crippen LogP contribution in [-0.2, 0) is 14.8 Å². The summed E-state index contributed by atoms with van der Waals surface area (Å²) < 4.78 is 31.2. The zero-order chi connectivity index (χ0) is 23.1. The fourth-order valence-electron chi connectivity index (χ4n) is 3.21. The van der Waals surface area contributed by atoms with Crippen LogP contribution in [0.5, 0.6) is 5.75 Å². The molecule has 170 valence electrons. The molecule has 0 fully saturated rings. The van der Waals surface area contributed by atoms with E-state index >= 15 is 0 Å². The molecule has 0 bridgehead atoms. The average Bonchev–Trinajstić information content (AvgIpc) is 2.75. The number of benzene rings is 3. The zero-order valence-corrected chi connectivity index (χ0v) is 19.9. The third-order valence-electron chi connectivity index (χ3n) is 4.77. The van der Waals surface area contributed by atoms with Gasteiger partial charge < -0.3 is 10.1 Å². The highest BCUT2D eigenvalue weighted by atomic mass is 35.5. The number of ether oxygens (including phenoxy) is 1. The maximum absolute atomic E-state index is 12.2. The van der Waals surface area contributed by atoms with Crippen LogP contribution in [0.1, 0.15) is 12.8 Å². The third kappa shape index (κ3) is 6.76. The number of hydrogen-bond acceptors (Lipinski definition) is 4. The minimum Gasteiger partial charge on any atom is -0.492 e. The van der Waals surface area contributed by atoms with E-state index in [0.717, 1.165) is 22.8 Å². The molecule has 3 aromatic carbocycles. The molecule has 9 heteroatoms. The minimum atomic E-state index is -3.53. The highest BCUT2D eigenvalue weighted by Crippen LogP contribution is 2.28. The van der Waals surface area contributed by atoms with Crippen molar-refractivity contribution in [1.82, 2.24) is 5.32 Å². The molecule has 6 nitrogen and oxygen atoms in total. The van der Waals surface area contributed by atoms with Crippen molar-refractivity contribution in [3.63, 3.8) is 0 Å². The van der Waals surface area contributed by atoms with Crippen LogP contribution in [0.3, 0.4) is 0 Å². The number of rotatable bonds is 10. The first-order valence-corrected chi connectivity index (χ1v) is 12.7. The molecule has 0 heterocycles. The molecule has 1 amide bonds. The van der Waals surface area contributed by atoms with E-state index in [0.29, 0.717) is 30.3 Å². The number of sulfonamides is 1. The number of fused-ring (bicyclic) bond motifs is 1. The third-order valence-corrected chi connectivity index (χ3v) is 6.70. The number of halogens is 2. The van der Waals surface area contributed by atoms with Gasteiger partial charge in [0.25, 0.3) is 0 Å². The largest absolute Gasteiger partial charge is 0.492 e. The van der Waals surface area contributed by atoms with Gasteiger partial charge in [0.2, 0.25) is 15.9 Å². The maximum atomic E-state index is 12.2. The summed E-state index contributed by atoms with van der Waals surface area (Å²) in [5.74, 6) is 0.568. The summed E-state index contributed by atoms with van der Waals surface area (Å²) in [7, 11) is -3.53. The maximum Gasteiger partial charge on any atom is 0.232 e. The number of nitrogens with zero attached hydrogens (tertiary/aromatic N) is 1. The number of carbonyl (C=O) groups is 1. The molecule has 0 spiro atoms. The van der Waals surface area contributed by atoms with Crippen molar-refractivity contribution in [2.75, 3.05) is 30.3 Å². The summed E-state index contributed by atoms with van der Waals surface area (Å²) in [5.41, 5.74) is 0.408. The number of amides is 1. The lowest BCUT2D eigenvalue weighted by atomic mass is 10.1. The van der Waals surface area contributed by atoms with Crippen LogP contribution in [0.4, 0.5) is 5.69 Å². The first-order chi connectivity index (χ1) is 15.2. The summed E-state index contributed by atoms with van der Waals surface area (Å²) in [6.45, 7) is 0.842. The summed E-state index contributed by atoms with van der Waals surface area (Å²) in [5, 5.41) is 5.62. The predicted molar refractivity (Wildman–Crippen MR) is 130 cm³/mol. The standard InChI is InChI=1S/C23H24Cl2N2O4S/c1-32(29,30)27(19-9-11-21(24)22(25)16-19)13-4-7-23(28)26-12-14-31-20-10-8-17-5-2-3-6-18(17)15-20/h2-3,5-6,8-11,15-16H,4,7,12-14H2,1H3,(H,26,28). The lowest BCUT2D eigenvalue weighted by molar-refractivity contribution is -0.121. The lowest BCUT2D eigenvalue weighted by Gasteiger charge is -2.22. The van der Waals surface area contributed by atoms with Crippen LogP contribution in [-0.4, -0.2) is 40.3 Å². The Morgan fingerprint density at radius 1 is 1.00 bits per heavy atom. The molecule has 3 aromatic rings. The Morgan fingerprint density at radius 2 is 1.75 bits per heavy atom. The highest BCUT2D eigenvalue weighted by Gasteiger charge is 2.18. The van der Waals surface area contributed by atoms with E-state index in [1.165, 1.54) is 10.4 Å². The summed E-state index contributed by atoms with van der Waals surface area (Å²) in [6, 6.07) is 18.5. The average molecular weight is 495 g/mol. The summed E-state index contributed by atoms with van der Waals surface area (Å²) in [6.07, 6.45) is 1.65. The Kier molecular flexibility index (Phi) is 8.23. The smallest absolute Gasteiger partial charge is 0.232 e. The van der Waals surface area contributed by atoms with Crippen molar-refractivity contribution < 1.29 is 17.9 Å². The van der Waals surface area contributed by atoms with Crippen molar-refractivity contribution >= 4 is 55.6 Å². The Morgan fingerprint density at radius 3 is 2.47 bits per heavy atom. The van der Waals surface area contributed by atoms with Crippen molar-refractivity contribution in [1.29, 1.82) is 0 Å². The number of anilines is 1. The van der Waals surface area contributed by atoms with E-state index in [9.17, 15) is 13.2 Å². The topological polar surface area (TPSA) is 75.7 Å². The molecule has 0 aliphatic heterocycles. The normalized spacial score (nSPS) is 11.3. The molecule has 0 aromatic heterocycles. The lowest BCUT2D eigenvalue weighted by Crippen LogP contribution is -2.32. The van der Waals surface area contributed by atoms with Crippen LogP contribution in [0, 0.1) is 0 Å². The molecule has 0 radical (unpaired) electrons. The van der Waals surface area contributed by atoms with Crippen molar-refractivity contribution in [2.45, 2.75) is 12.8 Å². The second kappa shape index (κ2) is 10.9. The van der Waals surface area contributed by atoms with Crippen molar-refractivity contribution in [3.8, 4) is 5.75 Å². The Balaban J connectivity index is 1.43. The fraction of sp³-hybridized carbons (Fsp3) is 0.261. The number of nitrogens with one attached hydrogen (secondary N) is 1. The van der Waals surface area contributed by atoms with E-state index < -0.39 is 10.0 Å². The minimum absolute atomic E-state index is 0.151. The van der Waals surface area contributed by atoms with Gasteiger partial charge >= 0.3 is 0 Å². The molecule has 3 rings (SSSR count). The van der Waals surface area contributed by atoms with E-state index in [4.69, 9.17) is 27.9 Å². The van der Waals surface area contributed by atoms with E-state index in [1.54, 1.807) is 12.1 Å². The van der Waals surface area contributed by atoms with Gasteiger partial charge in [-0.1, -0.05) is 53.5 Å². The molecular weight excluding hydrogens is 471 g/mol. The Hall–Kier alpha value is -2.48. The van der Waals surface area contributed by atoms with Gasteiger partial charge in [-0.05, 0) is 47.5 Å². The van der Waals surface area contributed by atoms with Gasteiger partial charge in [0, 0.05) is 13.0 Å². The fourth-order valence-corrected chi connectivity index (χ4v) is 4.46. The summed E-state index contributed by atoms with van der Waals surface area (Å²) in [4.78, 5) is 12.1. The molecule has 0 saturated carbocycles. The molecule has 0 aliphatic rings. The first-order valence-electron chi connectivity index (χ1n) is 10.0. The van der Waals surface area contributed by atoms with Gasteiger partial charge in [-0.25, -0.2) is 8.42 Å². The van der Waals surface area contributed by atoms with Gasteiger partial charge in [0.1, 0.15) is 12.4 Å². The van der Waals surface area contributed by atoms with Crippen molar-refractivity contribution in [2.24, 2.45) is 0 Å². The van der Waals surface area contributed by atoms with Gasteiger partial charge in [0.05, 0.1) is 28.5 Å². The molecule has 0 unspecified atom stereocenters. The predicted octanol–water partition coefficient (Wildman–Crippen LogP) is 4.89. The molecule has 0 saturated heterocycles. The van der Waals surface area contributed by atoms with Gasteiger partial charge in [-0.2, -0.15) is 0 Å². The van der Waals surface area contributed by atoms with E-state index in [-0.39, 0.29) is 23.9 Å². The van der Waals surface area contributed by atoms with Crippen LogP contribution < -0.4 is 14.4 Å². The molecule has 0 atom stereocenters. The van der Waals surface area contributed by atoms with Crippen molar-refractivity contribution in [3.05, 3.63) is 70.7 Å². The van der Waals surface area contributed by atoms with Gasteiger partial charge in [0.15, 0.2) is 0 Å². The Bertz CT molecular complexity index is 1200. The number of carbonyl (C=O) groups excluding carboxylic acids is 1. The van der Waals surface area contributed by atoms with Crippen LogP contribution in [0.2, 0.25) is 10.0 Å². The first kappa shape index (κ1) is 24.2. The van der Waals surface area contributed by atoms with Crippen LogP contribution in [0.15, 0.2) is 60.7 Å². The van der Waals surface area contributed by atoms with Gasteiger partial charge in [-0.3, -0.25) is 9.10 Å². The second-order valence-electron chi connectivity index (χ2n) is 7.24. The SMILES string of the molecule is CS(=O)(=O)N(CCCC(=O)NCCOc1ccc2ccccc2c1)c1ccc(Cl)c(Cl)c1. The van der Waals surface area contributed by atoms with Crippen LogP contribution in [0.25, 0.3) is 10.8 Å². The second-order valence-corrected chi connectivity index (χ2v) is 9.97. The quantitative estimate of drug-likeness (QED) is 0.407. The molecule has 1 N–H and O–H groups in total. The highest BCUT2D eigenvalue weighted by molar-refractivity contribution is 7.92. The monoisotopic (exact) mass is 494 g/mol. The van der Waals surface area contributed by atoms with E-state index in [1.807, 2.05) is 42.5 Å². The van der Waals surface area contributed by atoms with Gasteiger partial charge in [-0.15, -0.1) is 0 Å².